The third-order valence-electron chi connectivity index (χ3n) is 11.2. The van der Waals surface area contributed by atoms with Crippen molar-refractivity contribution in [2.45, 2.75) is 127 Å². The van der Waals surface area contributed by atoms with Gasteiger partial charge >= 0.3 is 0 Å². The van der Waals surface area contributed by atoms with Gasteiger partial charge in [0.2, 0.25) is 65.0 Å². The molecule has 0 aliphatic carbocycles. The Morgan fingerprint density at radius 2 is 1.28 bits per heavy atom. The van der Waals surface area contributed by atoms with Crippen molar-refractivity contribution in [3.8, 4) is 0 Å². The lowest BCUT2D eigenvalue weighted by atomic mass is 10.0. The van der Waals surface area contributed by atoms with Gasteiger partial charge in [0.05, 0.1) is 19.1 Å². The fourth-order valence-electron chi connectivity index (χ4n) is 7.26. The number of nitrogens with two attached hydrogens (primary N) is 5. The maximum Gasteiger partial charge on any atom is 0.243 e. The molecule has 2 rings (SSSR count). The number of amides is 11. The summed E-state index contributed by atoms with van der Waals surface area (Å²) in [7, 11) is 0. The van der Waals surface area contributed by atoms with E-state index in [1.165, 1.54) is 30.5 Å². The van der Waals surface area contributed by atoms with Crippen molar-refractivity contribution in [3.05, 3.63) is 35.9 Å². The summed E-state index contributed by atoms with van der Waals surface area (Å²) in [6.45, 7) is 5.37. The first-order valence-corrected chi connectivity index (χ1v) is 24.9. The van der Waals surface area contributed by atoms with Crippen LogP contribution in [0.1, 0.15) is 78.2 Å². The number of thioether (sulfide) groups is 1. The Labute approximate surface area is 422 Å². The number of guanidine groups is 1. The van der Waals surface area contributed by atoms with Crippen molar-refractivity contribution in [1.29, 1.82) is 0 Å². The second kappa shape index (κ2) is 31.3. The van der Waals surface area contributed by atoms with Crippen molar-refractivity contribution < 1.29 is 52.7 Å². The zero-order valence-corrected chi connectivity index (χ0v) is 42.3. The quantitative estimate of drug-likeness (QED) is 0.0188. The van der Waals surface area contributed by atoms with Gasteiger partial charge in [-0.15, -0.1) is 0 Å². The van der Waals surface area contributed by atoms with E-state index >= 15 is 0 Å². The molecule has 1 aliphatic heterocycles. The first-order valence-electron chi connectivity index (χ1n) is 23.5. The number of nitrogens with zero attached hydrogens (tertiary/aromatic N) is 2. The summed E-state index contributed by atoms with van der Waals surface area (Å²) >= 11 is 1.40. The first kappa shape index (κ1) is 61.1. The Balaban J connectivity index is 2.15. The highest BCUT2D eigenvalue weighted by atomic mass is 32.2. The number of benzene rings is 1. The van der Waals surface area contributed by atoms with Crippen molar-refractivity contribution in [1.82, 2.24) is 47.4 Å². The van der Waals surface area contributed by atoms with E-state index in [-0.39, 0.29) is 44.6 Å². The third kappa shape index (κ3) is 21.9. The van der Waals surface area contributed by atoms with Gasteiger partial charge in [0.15, 0.2) is 5.96 Å². The van der Waals surface area contributed by atoms with E-state index in [0.29, 0.717) is 37.1 Å². The van der Waals surface area contributed by atoms with Crippen LogP contribution in [0.25, 0.3) is 0 Å². The van der Waals surface area contributed by atoms with Crippen LogP contribution < -0.4 is 71.2 Å². The zero-order chi connectivity index (χ0) is 54.1. The largest absolute Gasteiger partial charge is 0.370 e. The van der Waals surface area contributed by atoms with Crippen LogP contribution in [0, 0.1) is 5.92 Å². The van der Waals surface area contributed by atoms with Crippen molar-refractivity contribution >= 4 is 82.7 Å². The topological polar surface area (TPSA) is 430 Å². The van der Waals surface area contributed by atoms with E-state index < -0.39 is 132 Å². The van der Waals surface area contributed by atoms with E-state index in [9.17, 15) is 52.7 Å². The molecule has 0 bridgehead atoms. The number of hydrogen-bond donors (Lipinski definition) is 13. The summed E-state index contributed by atoms with van der Waals surface area (Å²) in [5.41, 5.74) is 27.8. The fraction of sp³-hybridized carbons (Fsp3) is 0.600. The Kier molecular flexibility index (Phi) is 26.6. The van der Waals surface area contributed by atoms with Crippen molar-refractivity contribution in [2.75, 3.05) is 38.2 Å². The van der Waals surface area contributed by atoms with Gasteiger partial charge in [0.1, 0.15) is 42.3 Å². The number of carbonyl (C=O) groups is 11. The van der Waals surface area contributed by atoms with Gasteiger partial charge in [-0.25, -0.2) is 0 Å². The number of rotatable bonds is 31. The number of carbonyl (C=O) groups excluding carboxylic acids is 11. The second-order valence-electron chi connectivity index (χ2n) is 17.6. The summed E-state index contributed by atoms with van der Waals surface area (Å²) < 4.78 is 0. The number of aliphatic imine (C=N–C) groups is 1. The van der Waals surface area contributed by atoms with Crippen molar-refractivity contribution in [3.63, 3.8) is 0 Å². The van der Waals surface area contributed by atoms with Crippen LogP contribution in [-0.4, -0.2) is 162 Å². The molecule has 18 N–H and O–H groups in total. The van der Waals surface area contributed by atoms with E-state index in [4.69, 9.17) is 28.7 Å². The summed E-state index contributed by atoms with van der Waals surface area (Å²) in [5.74, 6) is -8.41. The minimum Gasteiger partial charge on any atom is -0.370 e. The lowest BCUT2D eigenvalue weighted by Crippen LogP contribution is -2.58. The van der Waals surface area contributed by atoms with E-state index in [1.807, 2.05) is 0 Å². The van der Waals surface area contributed by atoms with Crippen LogP contribution in [-0.2, 0) is 59.2 Å². The normalized spacial score (nSPS) is 15.9. The minimum absolute atomic E-state index is 0.0987. The minimum atomic E-state index is -1.46. The zero-order valence-electron chi connectivity index (χ0n) is 41.5. The predicted molar refractivity (Wildman–Crippen MR) is 267 cm³/mol. The van der Waals surface area contributed by atoms with E-state index in [0.717, 1.165) is 0 Å². The van der Waals surface area contributed by atoms with Crippen LogP contribution in [0.5, 0.6) is 0 Å². The van der Waals surface area contributed by atoms with Gasteiger partial charge in [-0.2, -0.15) is 11.8 Å². The molecule has 8 atom stereocenters. The SMILES string of the molecule is CSCC[C@H](NC(=O)[C@H](C)NC(=O)[C@@H]1CCCN1C(=O)[C@H](C)N)C(=O)NCC(=O)N[C@@H](Cc1ccccc1)C(=O)N[C@@H](CCC(N)=O)C(=O)NCC(=O)N[C@H](C(=O)N[C@@H](CCCN=C(N)N)C(N)=O)C(C)C. The maximum atomic E-state index is 13.9. The summed E-state index contributed by atoms with van der Waals surface area (Å²) in [4.78, 5) is 149. The number of nitrogens with one attached hydrogen (secondary N) is 8. The van der Waals surface area contributed by atoms with Crippen LogP contribution in [0.2, 0.25) is 0 Å². The number of likely N-dealkylation sites (tertiary alicyclic amines) is 1. The summed E-state index contributed by atoms with van der Waals surface area (Å²) in [6.07, 6.45) is 2.52. The molecule has 1 aromatic rings. The van der Waals surface area contributed by atoms with Gasteiger partial charge in [-0.05, 0) is 75.9 Å². The van der Waals surface area contributed by atoms with E-state index in [1.54, 1.807) is 50.4 Å². The maximum absolute atomic E-state index is 13.9. The van der Waals surface area contributed by atoms with Crippen LogP contribution in [0.4, 0.5) is 0 Å². The lowest BCUT2D eigenvalue weighted by Gasteiger charge is -2.27. The third-order valence-corrected chi connectivity index (χ3v) is 11.8. The molecule has 0 radical (unpaired) electrons. The summed E-state index contributed by atoms with van der Waals surface area (Å²) in [6, 6.07) is -0.487. The first-order chi connectivity index (χ1) is 33.9. The number of hydrogen-bond acceptors (Lipinski definition) is 14. The molecule has 72 heavy (non-hydrogen) atoms. The van der Waals surface area contributed by atoms with E-state index in [2.05, 4.69) is 47.5 Å². The molecule has 400 valence electrons. The van der Waals surface area contributed by atoms with Gasteiger partial charge < -0.3 is 76.1 Å². The average Bonchev–Trinajstić information content (AvgIpc) is 3.82. The molecule has 0 unspecified atom stereocenters. The highest BCUT2D eigenvalue weighted by molar-refractivity contribution is 7.98. The molecule has 1 saturated heterocycles. The standard InChI is InChI=1S/C45H73N15O11S/c1-24(2)36(43(70)56-28(37(48)64)13-9-18-51-45(49)50)59-35(63)23-53-39(66)29(15-16-33(47)61)58-41(68)31(21-27-11-7-6-8-12-27)55-34(62)22-52-40(67)30(17-20-72-5)57-38(65)26(4)54-42(69)32-14-10-19-60(32)44(71)25(3)46/h6-8,11-12,24-26,28-32,36H,9-10,13-23,46H2,1-5H3,(H2,47,61)(H2,48,64)(H,52,67)(H,53,66)(H,54,69)(H,55,62)(H,56,70)(H,57,65)(H,58,68)(H,59,63)(H4,49,50,51)/t25-,26-,28-,29-,30-,31-,32-,36-/m0/s1. The Morgan fingerprint density at radius 1 is 0.694 bits per heavy atom. The predicted octanol–water partition coefficient (Wildman–Crippen LogP) is -5.06. The molecule has 1 heterocycles. The lowest BCUT2D eigenvalue weighted by molar-refractivity contribution is -0.140. The molecule has 1 fully saturated rings. The van der Waals surface area contributed by atoms with Gasteiger partial charge in [0, 0.05) is 25.9 Å². The molecule has 1 aromatic carbocycles. The Bertz CT molecular complexity index is 2090. The molecule has 1 aliphatic rings. The number of primary amides is 2. The van der Waals surface area contributed by atoms with Gasteiger partial charge in [-0.3, -0.25) is 57.7 Å². The smallest absolute Gasteiger partial charge is 0.243 e. The molecule has 0 aromatic heterocycles. The second-order valence-corrected chi connectivity index (χ2v) is 18.6. The molecule has 0 saturated carbocycles. The van der Waals surface area contributed by atoms with Gasteiger partial charge in [0.25, 0.3) is 0 Å². The molecule has 27 heteroatoms. The van der Waals surface area contributed by atoms with Crippen LogP contribution >= 0.6 is 11.8 Å². The molecular formula is C45H73N15O11S. The Morgan fingerprint density at radius 3 is 1.83 bits per heavy atom. The van der Waals surface area contributed by atoms with Crippen LogP contribution in [0.15, 0.2) is 35.3 Å². The highest BCUT2D eigenvalue weighted by Crippen LogP contribution is 2.18. The molecule has 0 spiro atoms. The monoisotopic (exact) mass is 1030 g/mol. The molecular weight excluding hydrogens is 959 g/mol. The fourth-order valence-corrected chi connectivity index (χ4v) is 7.74. The molecule has 11 amide bonds. The molecule has 26 nitrogen and oxygen atoms in total. The van der Waals surface area contributed by atoms with Gasteiger partial charge in [-0.1, -0.05) is 44.2 Å². The van der Waals surface area contributed by atoms with Crippen LogP contribution in [0.3, 0.4) is 0 Å². The van der Waals surface area contributed by atoms with Crippen molar-refractivity contribution in [2.24, 2.45) is 39.6 Å². The highest BCUT2D eigenvalue weighted by Gasteiger charge is 2.37. The Hall–Kier alpha value is -7.03. The summed E-state index contributed by atoms with van der Waals surface area (Å²) in [5, 5.41) is 20.1. The average molecular weight is 1030 g/mol.